The summed E-state index contributed by atoms with van der Waals surface area (Å²) in [6.45, 7) is 3.92. The van der Waals surface area contributed by atoms with Crippen molar-refractivity contribution in [3.8, 4) is 0 Å². The fourth-order valence-electron chi connectivity index (χ4n) is 0.510. The van der Waals surface area contributed by atoms with E-state index in [4.69, 9.17) is 0 Å². The minimum atomic E-state index is 0.690. The summed E-state index contributed by atoms with van der Waals surface area (Å²) in [6.07, 6.45) is 3.85. The van der Waals surface area contributed by atoms with Crippen molar-refractivity contribution in [2.75, 3.05) is 0 Å². The molecule has 0 spiro atoms. The minimum Gasteiger partial charge on any atom is -0.216 e. The van der Waals surface area contributed by atoms with Gasteiger partial charge in [0.15, 0.2) is 0 Å². The summed E-state index contributed by atoms with van der Waals surface area (Å²) in [7, 11) is 0. The topological polar surface area (TPSA) is 0 Å². The molecular formula is C7H13F. The van der Waals surface area contributed by atoms with Gasteiger partial charge in [0.2, 0.25) is 0 Å². The highest BCUT2D eigenvalue weighted by molar-refractivity contribution is 4.91. The average Bonchev–Trinajstić information content (AvgIpc) is 1.83. The molecule has 0 fully saturated rings. The molecular weight excluding hydrogens is 103 g/mol. The minimum absolute atomic E-state index is 0.690. The Hall–Kier alpha value is -0.330. The second kappa shape index (κ2) is 4.82. The van der Waals surface area contributed by atoms with Crippen molar-refractivity contribution in [2.24, 2.45) is 0 Å². The van der Waals surface area contributed by atoms with Gasteiger partial charge in [-0.2, -0.15) is 0 Å². The van der Waals surface area contributed by atoms with E-state index in [0.717, 1.165) is 24.8 Å². The van der Waals surface area contributed by atoms with Crippen molar-refractivity contribution in [2.45, 2.75) is 33.1 Å². The van der Waals surface area contributed by atoms with Gasteiger partial charge in [0.05, 0.1) is 6.33 Å². The molecule has 0 aliphatic carbocycles. The van der Waals surface area contributed by atoms with Crippen molar-refractivity contribution < 1.29 is 4.39 Å². The predicted molar refractivity (Wildman–Crippen MR) is 34.4 cm³/mol. The monoisotopic (exact) mass is 116 g/mol. The van der Waals surface area contributed by atoms with Gasteiger partial charge in [-0.25, -0.2) is 4.39 Å². The maximum atomic E-state index is 11.5. The second-order valence-corrected chi connectivity index (χ2v) is 2.06. The molecule has 0 unspecified atom stereocenters. The molecule has 0 saturated carbocycles. The van der Waals surface area contributed by atoms with E-state index in [1.165, 1.54) is 0 Å². The lowest BCUT2D eigenvalue weighted by molar-refractivity contribution is 0.686. The summed E-state index contributed by atoms with van der Waals surface area (Å²) in [5, 5.41) is 0. The summed E-state index contributed by atoms with van der Waals surface area (Å²) < 4.78 is 11.5. The van der Waals surface area contributed by atoms with E-state index >= 15 is 0 Å². The highest BCUT2D eigenvalue weighted by Gasteiger charge is 1.85. The van der Waals surface area contributed by atoms with Gasteiger partial charge in [-0.1, -0.05) is 13.3 Å². The van der Waals surface area contributed by atoms with E-state index in [1.807, 2.05) is 6.92 Å². The molecule has 0 aliphatic heterocycles. The summed E-state index contributed by atoms with van der Waals surface area (Å²) in [4.78, 5) is 0. The molecule has 0 rings (SSSR count). The summed E-state index contributed by atoms with van der Waals surface area (Å²) in [5.74, 6) is 0. The average molecular weight is 116 g/mol. The molecule has 0 N–H and O–H groups in total. The maximum absolute atomic E-state index is 11.5. The van der Waals surface area contributed by atoms with Gasteiger partial charge in [0.1, 0.15) is 0 Å². The number of halogens is 1. The lowest BCUT2D eigenvalue weighted by Crippen LogP contribution is -1.73. The molecule has 0 atom stereocenters. The van der Waals surface area contributed by atoms with Crippen LogP contribution in [0.3, 0.4) is 0 Å². The first kappa shape index (κ1) is 7.67. The Morgan fingerprint density at radius 2 is 2.25 bits per heavy atom. The Morgan fingerprint density at radius 3 is 2.62 bits per heavy atom. The molecule has 0 aromatic rings. The first-order valence-corrected chi connectivity index (χ1v) is 3.07. The first-order chi connectivity index (χ1) is 3.81. The number of allylic oxidation sites excluding steroid dienone is 1. The molecule has 0 nitrogen and oxygen atoms in total. The predicted octanol–water partition coefficient (Wildman–Crippen LogP) is 3.05. The Kier molecular flexibility index (Phi) is 4.62. The van der Waals surface area contributed by atoms with E-state index in [0.29, 0.717) is 6.33 Å². The summed E-state index contributed by atoms with van der Waals surface area (Å²) in [5.41, 5.74) is 0.854. The van der Waals surface area contributed by atoms with Gasteiger partial charge in [-0.15, -0.1) is 0 Å². The molecule has 8 heavy (non-hydrogen) atoms. The first-order valence-electron chi connectivity index (χ1n) is 3.07. The SMILES string of the molecule is CCCC/C(C)=C/F. The zero-order valence-corrected chi connectivity index (χ0v) is 5.58. The molecule has 0 heterocycles. The van der Waals surface area contributed by atoms with Crippen molar-refractivity contribution in [3.63, 3.8) is 0 Å². The normalized spacial score (nSPS) is 12.1. The van der Waals surface area contributed by atoms with Crippen LogP contribution < -0.4 is 0 Å². The summed E-state index contributed by atoms with van der Waals surface area (Å²) in [6, 6.07) is 0. The van der Waals surface area contributed by atoms with Gasteiger partial charge in [0.25, 0.3) is 0 Å². The summed E-state index contributed by atoms with van der Waals surface area (Å²) >= 11 is 0. The molecule has 0 amide bonds. The second-order valence-electron chi connectivity index (χ2n) is 2.06. The van der Waals surface area contributed by atoms with E-state index in [2.05, 4.69) is 6.92 Å². The van der Waals surface area contributed by atoms with E-state index in [9.17, 15) is 4.39 Å². The van der Waals surface area contributed by atoms with Crippen LogP contribution in [0.5, 0.6) is 0 Å². The number of unbranched alkanes of at least 4 members (excludes halogenated alkanes) is 1. The molecule has 0 aromatic heterocycles. The highest BCUT2D eigenvalue weighted by atomic mass is 19.1. The zero-order valence-electron chi connectivity index (χ0n) is 5.58. The van der Waals surface area contributed by atoms with Crippen LogP contribution in [0, 0.1) is 0 Å². The third kappa shape index (κ3) is 3.85. The fraction of sp³-hybridized carbons (Fsp3) is 0.714. The van der Waals surface area contributed by atoms with Crippen LogP contribution in [0.1, 0.15) is 33.1 Å². The molecule has 0 bridgehead atoms. The smallest absolute Gasteiger partial charge is 0.0856 e. The largest absolute Gasteiger partial charge is 0.216 e. The maximum Gasteiger partial charge on any atom is 0.0856 e. The van der Waals surface area contributed by atoms with Crippen molar-refractivity contribution in [1.29, 1.82) is 0 Å². The standard InChI is InChI=1S/C7H13F/c1-3-4-5-7(2)6-8/h6H,3-5H2,1-2H3/b7-6+. The zero-order chi connectivity index (χ0) is 6.41. The van der Waals surface area contributed by atoms with Gasteiger partial charge < -0.3 is 0 Å². The van der Waals surface area contributed by atoms with Crippen LogP contribution in [-0.2, 0) is 0 Å². The number of hydrogen-bond acceptors (Lipinski definition) is 0. The van der Waals surface area contributed by atoms with Crippen LogP contribution in [0.2, 0.25) is 0 Å². The van der Waals surface area contributed by atoms with Crippen LogP contribution in [0.25, 0.3) is 0 Å². The molecule has 1 heteroatoms. The third-order valence-electron chi connectivity index (χ3n) is 1.11. The van der Waals surface area contributed by atoms with Gasteiger partial charge >= 0.3 is 0 Å². The van der Waals surface area contributed by atoms with Crippen LogP contribution in [0.15, 0.2) is 11.9 Å². The lowest BCUT2D eigenvalue weighted by Gasteiger charge is -1.92. The van der Waals surface area contributed by atoms with E-state index < -0.39 is 0 Å². The molecule has 0 aromatic carbocycles. The van der Waals surface area contributed by atoms with Crippen molar-refractivity contribution in [1.82, 2.24) is 0 Å². The number of hydrogen-bond donors (Lipinski definition) is 0. The third-order valence-corrected chi connectivity index (χ3v) is 1.11. The van der Waals surface area contributed by atoms with Gasteiger partial charge in [-0.3, -0.25) is 0 Å². The Bertz CT molecular complexity index is 74.5. The van der Waals surface area contributed by atoms with E-state index in [1.54, 1.807) is 0 Å². The van der Waals surface area contributed by atoms with Crippen LogP contribution >= 0.6 is 0 Å². The molecule has 0 radical (unpaired) electrons. The Balaban J connectivity index is 3.12. The molecule has 0 aliphatic rings. The Morgan fingerprint density at radius 1 is 1.62 bits per heavy atom. The number of rotatable bonds is 3. The lowest BCUT2D eigenvalue weighted by atomic mass is 10.1. The Labute approximate surface area is 50.4 Å². The van der Waals surface area contributed by atoms with E-state index in [-0.39, 0.29) is 0 Å². The van der Waals surface area contributed by atoms with Crippen LogP contribution in [0.4, 0.5) is 4.39 Å². The molecule has 48 valence electrons. The van der Waals surface area contributed by atoms with Gasteiger partial charge in [0, 0.05) is 0 Å². The molecule has 0 saturated heterocycles. The quantitative estimate of drug-likeness (QED) is 0.531. The van der Waals surface area contributed by atoms with Crippen molar-refractivity contribution in [3.05, 3.63) is 11.9 Å². The van der Waals surface area contributed by atoms with Gasteiger partial charge in [-0.05, 0) is 25.3 Å². The van der Waals surface area contributed by atoms with Crippen molar-refractivity contribution >= 4 is 0 Å². The fourth-order valence-corrected chi connectivity index (χ4v) is 0.510. The highest BCUT2D eigenvalue weighted by Crippen LogP contribution is 2.04. The van der Waals surface area contributed by atoms with Crippen LogP contribution in [-0.4, -0.2) is 0 Å².